The first kappa shape index (κ1) is 8.42. The normalized spacial score (nSPS) is 17.2. The number of carbonyl (C=O) groups is 2. The Morgan fingerprint density at radius 1 is 1.56 bits per heavy atom. The third kappa shape index (κ3) is 1.67. The molecule has 0 spiro atoms. The summed E-state index contributed by atoms with van der Waals surface area (Å²) in [6.45, 7) is 0.193. The number of urea groups is 1. The van der Waals surface area contributed by atoms with Crippen LogP contribution in [0.25, 0.3) is 0 Å². The second-order valence-electron chi connectivity index (χ2n) is 1.71. The number of carbonyl (C=O) groups excluding carboxylic acids is 2. The molecule has 1 rings (SSSR count). The van der Waals surface area contributed by atoms with Gasteiger partial charge in [-0.2, -0.15) is 0 Å². The van der Waals surface area contributed by atoms with Crippen molar-refractivity contribution in [1.29, 1.82) is 0 Å². The fourth-order valence-electron chi connectivity index (χ4n) is 0.541. The number of hydrogen-bond donors (Lipinski definition) is 1. The molecule has 3 amide bonds. The van der Waals surface area contributed by atoms with E-state index in [1.54, 1.807) is 7.05 Å². The molecule has 0 atom stereocenters. The molecule has 1 aliphatic heterocycles. The van der Waals surface area contributed by atoms with Crippen molar-refractivity contribution in [3.8, 4) is 0 Å². The van der Waals surface area contributed by atoms with Crippen molar-refractivity contribution in [2.45, 2.75) is 0 Å². The van der Waals surface area contributed by atoms with Crippen LogP contribution in [0.5, 0.6) is 0 Å². The fraction of sp³-hybridized carbons (Fsp3) is 0.500. The Morgan fingerprint density at radius 3 is 2.22 bits per heavy atom. The molecule has 0 bridgehead atoms. The largest absolute Gasteiger partial charge is 0.324 e. The highest BCUT2D eigenvalue weighted by Crippen LogP contribution is 1.90. The number of rotatable bonds is 0. The summed E-state index contributed by atoms with van der Waals surface area (Å²) in [6.07, 6.45) is 0. The van der Waals surface area contributed by atoms with Gasteiger partial charge in [0.2, 0.25) is 5.91 Å². The summed E-state index contributed by atoms with van der Waals surface area (Å²) < 4.78 is 0. The maximum atomic E-state index is 10.4. The second-order valence-corrected chi connectivity index (χ2v) is 1.71. The first-order valence-electron chi connectivity index (χ1n) is 2.25. The summed E-state index contributed by atoms with van der Waals surface area (Å²) in [5, 5.41) is 2.11. The molecule has 0 unspecified atom stereocenters. The zero-order valence-corrected chi connectivity index (χ0v) is 6.59. The zero-order chi connectivity index (χ0) is 6.15. The van der Waals surface area contributed by atoms with Crippen molar-refractivity contribution in [2.75, 3.05) is 13.6 Å². The molecule has 0 aromatic rings. The predicted molar refractivity (Wildman–Crippen MR) is 36.5 cm³/mol. The molecule has 0 aromatic carbocycles. The van der Waals surface area contributed by atoms with Crippen LogP contribution in [0.4, 0.5) is 4.79 Å². The van der Waals surface area contributed by atoms with Gasteiger partial charge in [0.25, 0.3) is 0 Å². The van der Waals surface area contributed by atoms with E-state index in [4.69, 9.17) is 0 Å². The average molecular weight is 195 g/mol. The highest BCUT2D eigenvalue weighted by Gasteiger charge is 2.21. The molecule has 4 nitrogen and oxygen atoms in total. The van der Waals surface area contributed by atoms with Crippen LogP contribution < -0.4 is 5.32 Å². The second kappa shape index (κ2) is 2.82. The van der Waals surface area contributed by atoms with Gasteiger partial charge in [-0.1, -0.05) is 0 Å². The summed E-state index contributed by atoms with van der Waals surface area (Å²) in [5.41, 5.74) is 0. The van der Waals surface area contributed by atoms with Crippen molar-refractivity contribution in [3.05, 3.63) is 0 Å². The maximum absolute atomic E-state index is 10.4. The van der Waals surface area contributed by atoms with Gasteiger partial charge in [0.1, 0.15) is 6.54 Å². The van der Waals surface area contributed by atoms with Gasteiger partial charge < -0.3 is 4.90 Å². The number of likely N-dealkylation sites (N-methyl/N-ethyl adjacent to an activating group) is 1. The van der Waals surface area contributed by atoms with Gasteiger partial charge in [0, 0.05) is 7.05 Å². The van der Waals surface area contributed by atoms with Gasteiger partial charge in [-0.15, -0.1) is 17.0 Å². The van der Waals surface area contributed by atoms with E-state index in [-0.39, 0.29) is 35.5 Å². The van der Waals surface area contributed by atoms with E-state index in [0.29, 0.717) is 0 Å². The third-order valence-corrected chi connectivity index (χ3v) is 0.974. The standard InChI is InChI=1S/C4H6N2O2.BrH/c1-6-2-3(7)5-4(6)8;/h2H2,1H3,(H,5,7,8);1H. The number of nitrogens with zero attached hydrogens (tertiary/aromatic N) is 1. The van der Waals surface area contributed by atoms with Crippen LogP contribution >= 0.6 is 17.0 Å². The maximum Gasteiger partial charge on any atom is 0.324 e. The van der Waals surface area contributed by atoms with Gasteiger partial charge in [-0.3, -0.25) is 10.1 Å². The van der Waals surface area contributed by atoms with Crippen molar-refractivity contribution in [2.24, 2.45) is 0 Å². The van der Waals surface area contributed by atoms with E-state index >= 15 is 0 Å². The molecule has 0 aromatic heterocycles. The van der Waals surface area contributed by atoms with Crippen LogP contribution in [0.2, 0.25) is 0 Å². The molecule has 0 radical (unpaired) electrons. The summed E-state index contributed by atoms with van der Waals surface area (Å²) >= 11 is 0. The fourth-order valence-corrected chi connectivity index (χ4v) is 0.541. The zero-order valence-electron chi connectivity index (χ0n) is 4.88. The topological polar surface area (TPSA) is 49.4 Å². The number of imide groups is 1. The lowest BCUT2D eigenvalue weighted by Gasteiger charge is -1.99. The predicted octanol–water partition coefficient (Wildman–Crippen LogP) is -0.254. The van der Waals surface area contributed by atoms with E-state index in [2.05, 4.69) is 5.32 Å². The van der Waals surface area contributed by atoms with Crippen LogP contribution in [0, 0.1) is 0 Å². The Kier molecular flexibility index (Phi) is 2.64. The highest BCUT2D eigenvalue weighted by molar-refractivity contribution is 8.93. The minimum Gasteiger partial charge on any atom is -0.318 e. The molecule has 1 heterocycles. The Balaban J connectivity index is 0.000000640. The lowest BCUT2D eigenvalue weighted by atomic mass is 10.6. The monoisotopic (exact) mass is 194 g/mol. The quantitative estimate of drug-likeness (QED) is 0.541. The van der Waals surface area contributed by atoms with Crippen molar-refractivity contribution in [3.63, 3.8) is 0 Å². The molecule has 5 heteroatoms. The number of halogens is 1. The Bertz CT molecular complexity index is 148. The van der Waals surface area contributed by atoms with E-state index in [1.165, 1.54) is 4.90 Å². The van der Waals surface area contributed by atoms with Crippen LogP contribution in [-0.2, 0) is 4.79 Å². The number of hydrogen-bond acceptors (Lipinski definition) is 2. The van der Waals surface area contributed by atoms with Crippen molar-refractivity contribution in [1.82, 2.24) is 10.2 Å². The molecule has 1 aliphatic rings. The highest BCUT2D eigenvalue weighted by atomic mass is 79.9. The SMILES string of the molecule is Br.CN1CC(=O)NC1=O. The molecular formula is C4H7BrN2O2. The number of nitrogens with one attached hydrogen (secondary N) is 1. The molecule has 52 valence electrons. The first-order chi connectivity index (χ1) is 3.70. The van der Waals surface area contributed by atoms with E-state index < -0.39 is 0 Å². The minimum absolute atomic E-state index is 0. The van der Waals surface area contributed by atoms with Crippen LogP contribution in [0.3, 0.4) is 0 Å². The van der Waals surface area contributed by atoms with E-state index in [1.807, 2.05) is 0 Å². The number of amides is 3. The molecular weight excluding hydrogens is 188 g/mol. The van der Waals surface area contributed by atoms with E-state index in [9.17, 15) is 9.59 Å². The molecule has 1 N–H and O–H groups in total. The lowest BCUT2D eigenvalue weighted by molar-refractivity contribution is -0.118. The molecule has 0 saturated carbocycles. The minimum atomic E-state index is -0.310. The lowest BCUT2D eigenvalue weighted by Crippen LogP contribution is -2.24. The average Bonchev–Trinajstić information content (AvgIpc) is 1.85. The molecule has 1 fully saturated rings. The Hall–Kier alpha value is -0.580. The van der Waals surface area contributed by atoms with Gasteiger partial charge in [-0.25, -0.2) is 4.79 Å². The van der Waals surface area contributed by atoms with Gasteiger partial charge >= 0.3 is 6.03 Å². The van der Waals surface area contributed by atoms with Gasteiger partial charge in [0.05, 0.1) is 0 Å². The summed E-state index contributed by atoms with van der Waals surface area (Å²) in [6, 6.07) is -0.310. The summed E-state index contributed by atoms with van der Waals surface area (Å²) in [7, 11) is 1.57. The Morgan fingerprint density at radius 2 is 2.11 bits per heavy atom. The van der Waals surface area contributed by atoms with Gasteiger partial charge in [0.15, 0.2) is 0 Å². The summed E-state index contributed by atoms with van der Waals surface area (Å²) in [4.78, 5) is 22.0. The van der Waals surface area contributed by atoms with Crippen molar-refractivity contribution < 1.29 is 9.59 Å². The first-order valence-corrected chi connectivity index (χ1v) is 2.25. The third-order valence-electron chi connectivity index (χ3n) is 0.974. The van der Waals surface area contributed by atoms with Crippen molar-refractivity contribution >= 4 is 28.9 Å². The molecule has 9 heavy (non-hydrogen) atoms. The Labute approximate surface area is 63.0 Å². The van der Waals surface area contributed by atoms with Crippen LogP contribution in [-0.4, -0.2) is 30.4 Å². The van der Waals surface area contributed by atoms with Crippen LogP contribution in [0.1, 0.15) is 0 Å². The smallest absolute Gasteiger partial charge is 0.318 e. The molecule has 1 saturated heterocycles. The van der Waals surface area contributed by atoms with Gasteiger partial charge in [-0.05, 0) is 0 Å². The molecule has 0 aliphatic carbocycles. The van der Waals surface area contributed by atoms with E-state index in [0.717, 1.165) is 0 Å². The van der Waals surface area contributed by atoms with Crippen LogP contribution in [0.15, 0.2) is 0 Å². The summed E-state index contributed by atoms with van der Waals surface area (Å²) in [5.74, 6) is -0.225.